The van der Waals surface area contributed by atoms with E-state index in [2.05, 4.69) is 9.68 Å². The largest absolute Gasteiger partial charge is 0.406 e. The first-order valence-corrected chi connectivity index (χ1v) is 4.05. The van der Waals surface area contributed by atoms with E-state index in [-0.39, 0.29) is 5.69 Å². The molecule has 1 amide bonds. The lowest BCUT2D eigenvalue weighted by molar-refractivity contribution is -0.138. The van der Waals surface area contributed by atoms with Crippen molar-refractivity contribution in [2.24, 2.45) is 0 Å². The van der Waals surface area contributed by atoms with Gasteiger partial charge in [-0.25, -0.2) is 0 Å². The van der Waals surface area contributed by atoms with Crippen LogP contribution in [0.5, 0.6) is 0 Å². The Morgan fingerprint density at radius 3 is 2.60 bits per heavy atom. The summed E-state index contributed by atoms with van der Waals surface area (Å²) in [5, 5.41) is 3.33. The molecule has 0 saturated heterocycles. The van der Waals surface area contributed by atoms with Crippen LogP contribution in [0.4, 0.5) is 13.2 Å². The second-order valence-electron chi connectivity index (χ2n) is 3.10. The second-order valence-corrected chi connectivity index (χ2v) is 3.10. The summed E-state index contributed by atoms with van der Waals surface area (Å²) >= 11 is 0. The average Bonchev–Trinajstić information content (AvgIpc) is 2.47. The van der Waals surface area contributed by atoms with Crippen LogP contribution in [0, 0.1) is 6.92 Å². The van der Waals surface area contributed by atoms with Gasteiger partial charge in [0.25, 0.3) is 5.91 Å². The summed E-state index contributed by atoms with van der Waals surface area (Å²) in [6.07, 6.45) is -4.41. The van der Waals surface area contributed by atoms with E-state index in [9.17, 15) is 18.0 Å². The molecule has 0 aliphatic heterocycles. The summed E-state index contributed by atoms with van der Waals surface area (Å²) in [7, 11) is 1.06. The van der Waals surface area contributed by atoms with Crippen molar-refractivity contribution in [3.05, 3.63) is 17.5 Å². The van der Waals surface area contributed by atoms with Gasteiger partial charge >= 0.3 is 6.18 Å². The topological polar surface area (TPSA) is 46.3 Å². The lowest BCUT2D eigenvalue weighted by atomic mass is 10.3. The Balaban J connectivity index is 2.69. The van der Waals surface area contributed by atoms with Crippen LogP contribution in [0.3, 0.4) is 0 Å². The van der Waals surface area contributed by atoms with Gasteiger partial charge in [-0.3, -0.25) is 4.79 Å². The van der Waals surface area contributed by atoms with Gasteiger partial charge in [0.2, 0.25) is 0 Å². The Labute approximate surface area is 83.6 Å². The minimum atomic E-state index is -4.41. The molecule has 0 aliphatic carbocycles. The molecule has 0 N–H and O–H groups in total. The minimum absolute atomic E-state index is 0.126. The maximum Gasteiger partial charge on any atom is 0.406 e. The van der Waals surface area contributed by atoms with Gasteiger partial charge in [0.05, 0.1) is 0 Å². The quantitative estimate of drug-likeness (QED) is 0.763. The number of nitrogens with zero attached hydrogens (tertiary/aromatic N) is 2. The lowest BCUT2D eigenvalue weighted by Crippen LogP contribution is -2.35. The molecule has 1 rings (SSSR count). The van der Waals surface area contributed by atoms with E-state index in [0.29, 0.717) is 10.7 Å². The van der Waals surface area contributed by atoms with E-state index in [1.54, 1.807) is 6.92 Å². The number of amides is 1. The predicted octanol–water partition coefficient (Wildman–Crippen LogP) is 1.62. The van der Waals surface area contributed by atoms with Crippen molar-refractivity contribution in [1.29, 1.82) is 0 Å². The molecule has 0 saturated carbocycles. The summed E-state index contributed by atoms with van der Waals surface area (Å²) in [6.45, 7) is 0.241. The number of hydrogen-bond donors (Lipinski definition) is 0. The molecule has 1 aromatic rings. The van der Waals surface area contributed by atoms with E-state index in [1.165, 1.54) is 6.07 Å². The van der Waals surface area contributed by atoms with Crippen LogP contribution >= 0.6 is 0 Å². The maximum atomic E-state index is 11.9. The normalized spacial score (nSPS) is 11.5. The highest BCUT2D eigenvalue weighted by Crippen LogP contribution is 2.16. The third-order valence-corrected chi connectivity index (χ3v) is 1.61. The first-order valence-electron chi connectivity index (χ1n) is 4.05. The van der Waals surface area contributed by atoms with E-state index < -0.39 is 18.6 Å². The van der Waals surface area contributed by atoms with Crippen molar-refractivity contribution in [3.63, 3.8) is 0 Å². The molecule has 1 aromatic heterocycles. The first kappa shape index (κ1) is 11.5. The van der Waals surface area contributed by atoms with E-state index in [0.717, 1.165) is 7.05 Å². The molecule has 0 fully saturated rings. The van der Waals surface area contributed by atoms with Gasteiger partial charge in [0.1, 0.15) is 12.3 Å². The zero-order valence-electron chi connectivity index (χ0n) is 8.13. The van der Waals surface area contributed by atoms with Crippen molar-refractivity contribution >= 4 is 5.91 Å². The number of aromatic nitrogens is 1. The van der Waals surface area contributed by atoms with E-state index in [4.69, 9.17) is 0 Å². The molecule has 0 aliphatic rings. The van der Waals surface area contributed by atoms with Crippen molar-refractivity contribution in [3.8, 4) is 0 Å². The van der Waals surface area contributed by atoms with Crippen LogP contribution in [0.2, 0.25) is 0 Å². The maximum absolute atomic E-state index is 11.9. The molecule has 7 heteroatoms. The fourth-order valence-corrected chi connectivity index (χ4v) is 1.00. The number of carbonyl (C=O) groups is 1. The van der Waals surface area contributed by atoms with Gasteiger partial charge in [-0.2, -0.15) is 13.2 Å². The number of alkyl halides is 3. The number of rotatable bonds is 2. The summed E-state index contributed by atoms with van der Waals surface area (Å²) < 4.78 is 40.4. The third-order valence-electron chi connectivity index (χ3n) is 1.61. The Morgan fingerprint density at radius 2 is 2.20 bits per heavy atom. The number of hydrogen-bond acceptors (Lipinski definition) is 3. The Kier molecular flexibility index (Phi) is 3.01. The molecule has 0 spiro atoms. The molecule has 84 valence electrons. The highest BCUT2D eigenvalue weighted by Gasteiger charge is 2.32. The number of halogens is 3. The SMILES string of the molecule is Cc1cc(C(=O)N(C)CC(F)(F)F)no1. The zero-order valence-corrected chi connectivity index (χ0v) is 8.13. The molecule has 4 nitrogen and oxygen atoms in total. The van der Waals surface area contributed by atoms with Crippen molar-refractivity contribution in [2.75, 3.05) is 13.6 Å². The van der Waals surface area contributed by atoms with Gasteiger partial charge in [-0.15, -0.1) is 0 Å². The second kappa shape index (κ2) is 3.92. The monoisotopic (exact) mass is 222 g/mol. The molecule has 15 heavy (non-hydrogen) atoms. The van der Waals surface area contributed by atoms with Crippen LogP contribution in [0.15, 0.2) is 10.6 Å². The Morgan fingerprint density at radius 1 is 1.60 bits per heavy atom. The molecular formula is C8H9F3N2O2. The number of aryl methyl sites for hydroxylation is 1. The first-order chi connectivity index (χ1) is 6.79. The molecule has 0 unspecified atom stereocenters. The molecule has 0 aromatic carbocycles. The molecule has 1 heterocycles. The third kappa shape index (κ3) is 3.26. The lowest BCUT2D eigenvalue weighted by Gasteiger charge is -2.17. The molecule has 0 bridgehead atoms. The molecule has 0 radical (unpaired) electrons. The van der Waals surface area contributed by atoms with Crippen molar-refractivity contribution < 1.29 is 22.5 Å². The predicted molar refractivity (Wildman–Crippen MR) is 44.3 cm³/mol. The summed E-state index contributed by atoms with van der Waals surface area (Å²) in [5.74, 6) is -0.442. The fourth-order valence-electron chi connectivity index (χ4n) is 1.00. The van der Waals surface area contributed by atoms with Crippen LogP contribution in [-0.2, 0) is 0 Å². The van der Waals surface area contributed by atoms with Crippen molar-refractivity contribution in [1.82, 2.24) is 10.1 Å². The van der Waals surface area contributed by atoms with E-state index in [1.807, 2.05) is 0 Å². The summed E-state index contributed by atoms with van der Waals surface area (Å²) in [5.41, 5.74) is -0.126. The van der Waals surface area contributed by atoms with Crippen LogP contribution in [0.25, 0.3) is 0 Å². The van der Waals surface area contributed by atoms with Gasteiger partial charge < -0.3 is 9.42 Å². The Bertz CT molecular complexity index is 359. The van der Waals surface area contributed by atoms with Gasteiger partial charge in [-0.1, -0.05) is 5.16 Å². The Hall–Kier alpha value is -1.53. The molecular weight excluding hydrogens is 213 g/mol. The van der Waals surface area contributed by atoms with Crippen LogP contribution < -0.4 is 0 Å². The van der Waals surface area contributed by atoms with Crippen LogP contribution in [0.1, 0.15) is 16.2 Å². The highest BCUT2D eigenvalue weighted by molar-refractivity contribution is 5.92. The smallest absolute Gasteiger partial charge is 0.361 e. The number of carbonyl (C=O) groups excluding carboxylic acids is 1. The zero-order chi connectivity index (χ0) is 11.6. The minimum Gasteiger partial charge on any atom is -0.361 e. The standard InChI is InChI=1S/C8H9F3N2O2/c1-5-3-6(12-15-5)7(14)13(2)4-8(9,10)11/h3H,4H2,1-2H3. The van der Waals surface area contributed by atoms with Crippen LogP contribution in [-0.4, -0.2) is 35.7 Å². The summed E-state index contributed by atoms with van der Waals surface area (Å²) in [6, 6.07) is 1.29. The van der Waals surface area contributed by atoms with Gasteiger partial charge in [0, 0.05) is 13.1 Å². The van der Waals surface area contributed by atoms with Gasteiger partial charge in [-0.05, 0) is 6.92 Å². The highest BCUT2D eigenvalue weighted by atomic mass is 19.4. The van der Waals surface area contributed by atoms with Gasteiger partial charge in [0.15, 0.2) is 5.69 Å². The average molecular weight is 222 g/mol. The van der Waals surface area contributed by atoms with Crippen molar-refractivity contribution in [2.45, 2.75) is 13.1 Å². The fraction of sp³-hybridized carbons (Fsp3) is 0.500. The summed E-state index contributed by atoms with van der Waals surface area (Å²) in [4.78, 5) is 11.9. The molecule has 0 atom stereocenters. The van der Waals surface area contributed by atoms with E-state index >= 15 is 0 Å².